The predicted octanol–water partition coefficient (Wildman–Crippen LogP) is 4.02. The van der Waals surface area contributed by atoms with Gasteiger partial charge in [-0.3, -0.25) is 4.79 Å². The van der Waals surface area contributed by atoms with Gasteiger partial charge >= 0.3 is 0 Å². The number of aliphatic imine (C=N–C) groups is 1. The van der Waals surface area contributed by atoms with Crippen LogP contribution in [-0.2, 0) is 4.79 Å². The van der Waals surface area contributed by atoms with Crippen molar-refractivity contribution >= 4 is 35.2 Å². The van der Waals surface area contributed by atoms with Crippen molar-refractivity contribution in [2.75, 3.05) is 18.0 Å². The minimum Gasteiger partial charge on any atom is -0.465 e. The van der Waals surface area contributed by atoms with Crippen LogP contribution in [0.15, 0.2) is 57.8 Å². The highest BCUT2D eigenvalue weighted by Crippen LogP contribution is 2.28. The van der Waals surface area contributed by atoms with E-state index in [0.29, 0.717) is 28.1 Å². The highest BCUT2D eigenvalue weighted by molar-refractivity contribution is 6.32. The molecule has 0 unspecified atom stereocenters. The van der Waals surface area contributed by atoms with Gasteiger partial charge in [0.05, 0.1) is 12.0 Å². The minimum atomic E-state index is -0.199. The molecule has 1 aliphatic heterocycles. The topological polar surface area (TPSA) is 49.1 Å². The first-order chi connectivity index (χ1) is 11.6. The third kappa shape index (κ3) is 3.08. The van der Waals surface area contributed by atoms with Gasteiger partial charge in [-0.15, -0.1) is 0 Å². The van der Waals surface area contributed by atoms with E-state index in [-0.39, 0.29) is 5.91 Å². The maximum atomic E-state index is 12.9. The van der Waals surface area contributed by atoms with E-state index in [0.717, 1.165) is 13.1 Å². The van der Waals surface area contributed by atoms with E-state index in [9.17, 15) is 4.79 Å². The van der Waals surface area contributed by atoms with Gasteiger partial charge in [-0.25, -0.2) is 9.89 Å². The third-order valence-corrected chi connectivity index (χ3v) is 4.01. The molecule has 0 N–H and O–H groups in total. The van der Waals surface area contributed by atoms with Crippen LogP contribution in [0.2, 0.25) is 5.02 Å². The molecule has 3 rings (SSSR count). The summed E-state index contributed by atoms with van der Waals surface area (Å²) in [6.45, 7) is 5.54. The Labute approximate surface area is 145 Å². The summed E-state index contributed by atoms with van der Waals surface area (Å²) in [7, 11) is 0. The molecule has 0 aliphatic carbocycles. The molecule has 2 aromatic rings. The van der Waals surface area contributed by atoms with Gasteiger partial charge in [0.25, 0.3) is 5.91 Å². The van der Waals surface area contributed by atoms with E-state index in [2.05, 4.69) is 4.99 Å². The number of nitrogens with zero attached hydrogens (tertiary/aromatic N) is 3. The summed E-state index contributed by atoms with van der Waals surface area (Å²) in [6.07, 6.45) is 3.21. The highest BCUT2D eigenvalue weighted by Gasteiger charge is 2.34. The molecular weight excluding hydrogens is 326 g/mol. The third-order valence-electron chi connectivity index (χ3n) is 3.78. The van der Waals surface area contributed by atoms with E-state index >= 15 is 0 Å². The Morgan fingerprint density at radius 2 is 2.04 bits per heavy atom. The molecule has 1 aromatic carbocycles. The number of guanidine groups is 1. The van der Waals surface area contributed by atoms with Gasteiger partial charge in [0.1, 0.15) is 11.5 Å². The number of hydrogen-bond donors (Lipinski definition) is 0. The molecule has 0 saturated carbocycles. The van der Waals surface area contributed by atoms with Crippen molar-refractivity contribution in [3.63, 3.8) is 0 Å². The Morgan fingerprint density at radius 3 is 2.67 bits per heavy atom. The highest BCUT2D eigenvalue weighted by atomic mass is 35.5. The summed E-state index contributed by atoms with van der Waals surface area (Å²) in [6, 6.07) is 10.8. The number of benzene rings is 1. The smallest absolute Gasteiger partial charge is 0.284 e. The van der Waals surface area contributed by atoms with E-state index in [4.69, 9.17) is 16.0 Å². The molecule has 2 heterocycles. The molecule has 0 radical (unpaired) electrons. The summed E-state index contributed by atoms with van der Waals surface area (Å²) in [5.74, 6) is 0.995. The number of carbonyl (C=O) groups excluding carboxylic acids is 1. The number of halogens is 1. The van der Waals surface area contributed by atoms with Gasteiger partial charge in [0.15, 0.2) is 0 Å². The molecular formula is C18H18ClN3O2. The van der Waals surface area contributed by atoms with E-state index in [1.807, 2.05) is 30.9 Å². The molecule has 0 spiro atoms. The lowest BCUT2D eigenvalue weighted by Crippen LogP contribution is -2.44. The van der Waals surface area contributed by atoms with Crippen LogP contribution >= 0.6 is 11.6 Å². The molecule has 6 heteroatoms. The van der Waals surface area contributed by atoms with Crippen LogP contribution in [0.1, 0.15) is 19.6 Å². The zero-order valence-corrected chi connectivity index (χ0v) is 14.3. The van der Waals surface area contributed by atoms with Gasteiger partial charge < -0.3 is 9.32 Å². The van der Waals surface area contributed by atoms with Crippen LogP contribution in [0.4, 0.5) is 5.69 Å². The van der Waals surface area contributed by atoms with E-state index < -0.39 is 0 Å². The maximum absolute atomic E-state index is 12.9. The van der Waals surface area contributed by atoms with Crippen LogP contribution in [0, 0.1) is 0 Å². The molecule has 0 bridgehead atoms. The lowest BCUT2D eigenvalue weighted by atomic mass is 10.2. The quantitative estimate of drug-likeness (QED) is 0.788. The fraction of sp³-hybridized carbons (Fsp3) is 0.222. The van der Waals surface area contributed by atoms with Crippen molar-refractivity contribution in [3.8, 4) is 0 Å². The second-order valence-electron chi connectivity index (χ2n) is 5.25. The van der Waals surface area contributed by atoms with Crippen LogP contribution in [0.25, 0.3) is 6.08 Å². The first-order valence-electron chi connectivity index (χ1n) is 7.83. The van der Waals surface area contributed by atoms with E-state index in [1.165, 1.54) is 0 Å². The Balaban J connectivity index is 2.06. The Kier molecular flexibility index (Phi) is 4.71. The van der Waals surface area contributed by atoms with Crippen molar-refractivity contribution < 1.29 is 9.21 Å². The zero-order chi connectivity index (χ0) is 17.1. The largest absolute Gasteiger partial charge is 0.465 e. The zero-order valence-electron chi connectivity index (χ0n) is 13.6. The SMILES string of the molecule is CCN(CC)C1=N/C(=C\c2ccco2)C(=O)N1c1cccc(Cl)c1. The molecule has 24 heavy (non-hydrogen) atoms. The van der Waals surface area contributed by atoms with Crippen LogP contribution in [0.5, 0.6) is 0 Å². The summed E-state index contributed by atoms with van der Waals surface area (Å²) in [5, 5.41) is 0.572. The average Bonchev–Trinajstić information content (AvgIpc) is 3.18. The van der Waals surface area contributed by atoms with Crippen LogP contribution < -0.4 is 4.90 Å². The van der Waals surface area contributed by atoms with E-state index in [1.54, 1.807) is 41.5 Å². The number of furan rings is 1. The fourth-order valence-corrected chi connectivity index (χ4v) is 2.76. The fourth-order valence-electron chi connectivity index (χ4n) is 2.58. The van der Waals surface area contributed by atoms with Crippen LogP contribution in [-0.4, -0.2) is 29.9 Å². The molecule has 1 amide bonds. The molecule has 5 nitrogen and oxygen atoms in total. The monoisotopic (exact) mass is 343 g/mol. The maximum Gasteiger partial charge on any atom is 0.284 e. The second-order valence-corrected chi connectivity index (χ2v) is 5.69. The van der Waals surface area contributed by atoms with Gasteiger partial charge in [-0.1, -0.05) is 17.7 Å². The summed E-state index contributed by atoms with van der Waals surface area (Å²) in [4.78, 5) is 21.1. The van der Waals surface area contributed by atoms with Crippen molar-refractivity contribution in [2.45, 2.75) is 13.8 Å². The standard InChI is InChI=1S/C18H18ClN3O2/c1-3-21(4-2)18-20-16(12-15-9-6-10-24-15)17(23)22(18)14-8-5-7-13(19)11-14/h5-12H,3-4H2,1-2H3/b16-12-. The number of hydrogen-bond acceptors (Lipinski definition) is 4. The van der Waals surface area contributed by atoms with Crippen molar-refractivity contribution in [1.29, 1.82) is 0 Å². The molecule has 1 aliphatic rings. The summed E-state index contributed by atoms with van der Waals surface area (Å²) >= 11 is 6.10. The molecule has 0 saturated heterocycles. The molecule has 0 atom stereocenters. The van der Waals surface area contributed by atoms with Crippen LogP contribution in [0.3, 0.4) is 0 Å². The Hall–Kier alpha value is -2.53. The van der Waals surface area contributed by atoms with Crippen molar-refractivity contribution in [2.24, 2.45) is 4.99 Å². The normalized spacial score (nSPS) is 16.0. The Bertz CT molecular complexity index is 792. The lowest BCUT2D eigenvalue weighted by Gasteiger charge is -2.27. The van der Waals surface area contributed by atoms with Crippen molar-refractivity contribution in [1.82, 2.24) is 4.90 Å². The van der Waals surface area contributed by atoms with Gasteiger partial charge in [-0.2, -0.15) is 0 Å². The van der Waals surface area contributed by atoms with Crippen molar-refractivity contribution in [3.05, 3.63) is 59.1 Å². The number of amides is 1. The van der Waals surface area contributed by atoms with Gasteiger partial charge in [0.2, 0.25) is 5.96 Å². The predicted molar refractivity (Wildman–Crippen MR) is 96.0 cm³/mol. The average molecular weight is 344 g/mol. The lowest BCUT2D eigenvalue weighted by molar-refractivity contribution is -0.113. The second kappa shape index (κ2) is 6.93. The molecule has 124 valence electrons. The number of carbonyl (C=O) groups is 1. The van der Waals surface area contributed by atoms with Gasteiger partial charge in [-0.05, 0) is 44.2 Å². The minimum absolute atomic E-state index is 0.199. The number of rotatable bonds is 4. The first-order valence-corrected chi connectivity index (χ1v) is 8.20. The first kappa shape index (κ1) is 16.3. The summed E-state index contributed by atoms with van der Waals surface area (Å²) in [5.41, 5.74) is 1.04. The molecule has 1 aromatic heterocycles. The number of anilines is 1. The molecule has 0 fully saturated rings. The summed E-state index contributed by atoms with van der Waals surface area (Å²) < 4.78 is 5.30. The Morgan fingerprint density at radius 1 is 1.25 bits per heavy atom. The van der Waals surface area contributed by atoms with Gasteiger partial charge in [0, 0.05) is 24.2 Å².